The number of pyridine rings is 1. The van der Waals surface area contributed by atoms with Crippen molar-refractivity contribution in [2.24, 2.45) is 0 Å². The lowest BCUT2D eigenvalue weighted by molar-refractivity contribution is 0.384. The summed E-state index contributed by atoms with van der Waals surface area (Å²) < 4.78 is 4.92. The Morgan fingerprint density at radius 3 is 2.85 bits per heavy atom. The molecular formula is C9H9N3O. The maximum Gasteiger partial charge on any atom is 0.293 e. The molecule has 0 aromatic carbocycles. The van der Waals surface area contributed by atoms with Gasteiger partial charge in [-0.15, -0.1) is 0 Å². The van der Waals surface area contributed by atoms with Crippen LogP contribution in [0.5, 0.6) is 6.01 Å². The van der Waals surface area contributed by atoms with Crippen LogP contribution in [0.3, 0.4) is 0 Å². The SMILES string of the molecule is COc1ncc(-c2ccccn2)[nH]1. The predicted octanol–water partition coefficient (Wildman–Crippen LogP) is 1.48. The summed E-state index contributed by atoms with van der Waals surface area (Å²) in [5.41, 5.74) is 1.72. The van der Waals surface area contributed by atoms with Crippen LogP contribution in [-0.4, -0.2) is 22.1 Å². The molecular weight excluding hydrogens is 166 g/mol. The lowest BCUT2D eigenvalue weighted by Gasteiger charge is -1.94. The van der Waals surface area contributed by atoms with E-state index in [2.05, 4.69) is 15.0 Å². The Labute approximate surface area is 75.6 Å². The number of rotatable bonds is 2. The summed E-state index contributed by atoms with van der Waals surface area (Å²) in [6.07, 6.45) is 3.43. The van der Waals surface area contributed by atoms with E-state index < -0.39 is 0 Å². The third-order valence-corrected chi connectivity index (χ3v) is 1.69. The van der Waals surface area contributed by atoms with Crippen LogP contribution in [0.25, 0.3) is 11.4 Å². The summed E-state index contributed by atoms with van der Waals surface area (Å²) in [5.74, 6) is 0. The molecule has 2 aromatic rings. The molecule has 13 heavy (non-hydrogen) atoms. The van der Waals surface area contributed by atoms with Crippen molar-refractivity contribution in [1.29, 1.82) is 0 Å². The monoisotopic (exact) mass is 175 g/mol. The highest BCUT2D eigenvalue weighted by molar-refractivity contribution is 5.52. The molecule has 0 radical (unpaired) electrons. The highest BCUT2D eigenvalue weighted by Crippen LogP contribution is 2.15. The molecule has 2 rings (SSSR count). The molecule has 4 heteroatoms. The van der Waals surface area contributed by atoms with Crippen molar-refractivity contribution in [1.82, 2.24) is 15.0 Å². The maximum atomic E-state index is 4.92. The van der Waals surface area contributed by atoms with Gasteiger partial charge in [-0.25, -0.2) is 4.98 Å². The van der Waals surface area contributed by atoms with Crippen LogP contribution in [0.1, 0.15) is 0 Å². The zero-order valence-electron chi connectivity index (χ0n) is 7.19. The van der Waals surface area contributed by atoms with E-state index in [4.69, 9.17) is 4.74 Å². The molecule has 4 nitrogen and oxygen atoms in total. The molecule has 2 heterocycles. The molecule has 0 bridgehead atoms. The molecule has 0 aliphatic rings. The third kappa shape index (κ3) is 1.51. The summed E-state index contributed by atoms with van der Waals surface area (Å²) in [5, 5.41) is 0. The maximum absolute atomic E-state index is 4.92. The number of hydrogen-bond donors (Lipinski definition) is 1. The predicted molar refractivity (Wildman–Crippen MR) is 48.4 cm³/mol. The highest BCUT2D eigenvalue weighted by Gasteiger charge is 2.02. The molecule has 0 saturated carbocycles. The van der Waals surface area contributed by atoms with Gasteiger partial charge in [0.1, 0.15) is 0 Å². The van der Waals surface area contributed by atoms with Gasteiger partial charge < -0.3 is 9.72 Å². The molecule has 0 aliphatic carbocycles. The molecule has 0 atom stereocenters. The Morgan fingerprint density at radius 2 is 2.23 bits per heavy atom. The number of nitrogens with one attached hydrogen (secondary N) is 1. The fourth-order valence-corrected chi connectivity index (χ4v) is 1.06. The molecule has 2 aromatic heterocycles. The number of aromatic nitrogens is 3. The van der Waals surface area contributed by atoms with Crippen LogP contribution in [0, 0.1) is 0 Å². The molecule has 1 N–H and O–H groups in total. The van der Waals surface area contributed by atoms with Gasteiger partial charge in [0.05, 0.1) is 24.7 Å². The van der Waals surface area contributed by atoms with Gasteiger partial charge >= 0.3 is 0 Å². The van der Waals surface area contributed by atoms with Crippen LogP contribution in [0.15, 0.2) is 30.6 Å². The van der Waals surface area contributed by atoms with Crippen molar-refractivity contribution in [3.63, 3.8) is 0 Å². The van der Waals surface area contributed by atoms with E-state index in [1.165, 1.54) is 0 Å². The van der Waals surface area contributed by atoms with Crippen LogP contribution >= 0.6 is 0 Å². The topological polar surface area (TPSA) is 50.8 Å². The number of ether oxygens (including phenoxy) is 1. The smallest absolute Gasteiger partial charge is 0.293 e. The average molecular weight is 175 g/mol. The second-order valence-electron chi connectivity index (χ2n) is 2.52. The first-order valence-corrected chi connectivity index (χ1v) is 3.90. The minimum atomic E-state index is 0.501. The van der Waals surface area contributed by atoms with Gasteiger partial charge in [0.15, 0.2) is 0 Å². The van der Waals surface area contributed by atoms with Gasteiger partial charge in [-0.1, -0.05) is 6.07 Å². The van der Waals surface area contributed by atoms with E-state index in [9.17, 15) is 0 Å². The lowest BCUT2D eigenvalue weighted by atomic mass is 10.3. The second-order valence-corrected chi connectivity index (χ2v) is 2.52. The van der Waals surface area contributed by atoms with E-state index in [1.807, 2.05) is 18.2 Å². The standard InChI is InChI=1S/C9H9N3O/c1-13-9-11-6-8(12-9)7-4-2-3-5-10-7/h2-6H,1H3,(H,11,12). The van der Waals surface area contributed by atoms with Crippen molar-refractivity contribution >= 4 is 0 Å². The van der Waals surface area contributed by atoms with E-state index in [0.29, 0.717) is 6.01 Å². The van der Waals surface area contributed by atoms with E-state index >= 15 is 0 Å². The lowest BCUT2D eigenvalue weighted by Crippen LogP contribution is -1.84. The van der Waals surface area contributed by atoms with E-state index in [0.717, 1.165) is 11.4 Å². The third-order valence-electron chi connectivity index (χ3n) is 1.69. The zero-order valence-corrected chi connectivity index (χ0v) is 7.19. The number of H-pyrrole nitrogens is 1. The summed E-state index contributed by atoms with van der Waals surface area (Å²) in [6.45, 7) is 0. The molecule has 66 valence electrons. The van der Waals surface area contributed by atoms with Gasteiger partial charge in [-0.05, 0) is 12.1 Å². The number of hydrogen-bond acceptors (Lipinski definition) is 3. The Balaban J connectivity index is 2.36. The summed E-state index contributed by atoms with van der Waals surface area (Å²) >= 11 is 0. The molecule has 0 saturated heterocycles. The van der Waals surface area contributed by atoms with Crippen LogP contribution in [0.4, 0.5) is 0 Å². The largest absolute Gasteiger partial charge is 0.468 e. The summed E-state index contributed by atoms with van der Waals surface area (Å²) in [6, 6.07) is 6.21. The van der Waals surface area contributed by atoms with Crippen LogP contribution < -0.4 is 4.74 Å². The minimum Gasteiger partial charge on any atom is -0.468 e. The Morgan fingerprint density at radius 1 is 1.31 bits per heavy atom. The molecule has 0 amide bonds. The van der Waals surface area contributed by atoms with E-state index in [-0.39, 0.29) is 0 Å². The molecule has 0 aliphatic heterocycles. The fourth-order valence-electron chi connectivity index (χ4n) is 1.06. The average Bonchev–Trinajstić information content (AvgIpc) is 2.67. The first-order valence-electron chi connectivity index (χ1n) is 3.90. The van der Waals surface area contributed by atoms with Crippen molar-refractivity contribution in [3.8, 4) is 17.4 Å². The summed E-state index contributed by atoms with van der Waals surface area (Å²) in [7, 11) is 1.57. The number of aromatic amines is 1. The van der Waals surface area contributed by atoms with Gasteiger partial charge in [-0.3, -0.25) is 4.98 Å². The fraction of sp³-hybridized carbons (Fsp3) is 0.111. The zero-order chi connectivity index (χ0) is 9.10. The van der Waals surface area contributed by atoms with Crippen molar-refractivity contribution in [2.45, 2.75) is 0 Å². The van der Waals surface area contributed by atoms with Crippen molar-refractivity contribution in [2.75, 3.05) is 7.11 Å². The van der Waals surface area contributed by atoms with Gasteiger partial charge in [0.25, 0.3) is 6.01 Å². The van der Waals surface area contributed by atoms with Gasteiger partial charge in [0, 0.05) is 6.20 Å². The Kier molecular flexibility index (Phi) is 1.96. The van der Waals surface area contributed by atoms with Crippen LogP contribution in [-0.2, 0) is 0 Å². The number of nitrogens with zero attached hydrogens (tertiary/aromatic N) is 2. The van der Waals surface area contributed by atoms with Gasteiger partial charge in [-0.2, -0.15) is 0 Å². The number of methoxy groups -OCH3 is 1. The molecule has 0 spiro atoms. The molecule has 0 unspecified atom stereocenters. The first-order chi connectivity index (χ1) is 6.40. The number of imidazole rings is 1. The quantitative estimate of drug-likeness (QED) is 0.752. The molecule has 0 fully saturated rings. The highest BCUT2D eigenvalue weighted by atomic mass is 16.5. The second kappa shape index (κ2) is 3.26. The Bertz CT molecular complexity index is 383. The van der Waals surface area contributed by atoms with Crippen molar-refractivity contribution in [3.05, 3.63) is 30.6 Å². The minimum absolute atomic E-state index is 0.501. The van der Waals surface area contributed by atoms with E-state index in [1.54, 1.807) is 19.5 Å². The van der Waals surface area contributed by atoms with Crippen molar-refractivity contribution < 1.29 is 4.74 Å². The van der Waals surface area contributed by atoms with Crippen LogP contribution in [0.2, 0.25) is 0 Å². The summed E-state index contributed by atoms with van der Waals surface area (Å²) in [4.78, 5) is 11.1. The first kappa shape index (κ1) is 7.79. The normalized spacial score (nSPS) is 9.92. The van der Waals surface area contributed by atoms with Gasteiger partial charge in [0.2, 0.25) is 0 Å². The Hall–Kier alpha value is -1.84.